The van der Waals surface area contributed by atoms with Crippen LogP contribution in [0.3, 0.4) is 0 Å². The number of hydrogen-bond acceptors (Lipinski definition) is 5. The second-order valence-electron chi connectivity index (χ2n) is 3.98. The van der Waals surface area contributed by atoms with Crippen molar-refractivity contribution >= 4 is 10.0 Å². The molecule has 0 fully saturated rings. The summed E-state index contributed by atoms with van der Waals surface area (Å²) in [5.74, 6) is 1.10. The summed E-state index contributed by atoms with van der Waals surface area (Å²) >= 11 is 0. The summed E-state index contributed by atoms with van der Waals surface area (Å²) < 4.78 is 31.3. The number of nitrogens with one attached hydrogen (secondary N) is 2. The summed E-state index contributed by atoms with van der Waals surface area (Å²) in [6.45, 7) is 5.75. The van der Waals surface area contributed by atoms with Gasteiger partial charge in [0.25, 0.3) is 0 Å². The summed E-state index contributed by atoms with van der Waals surface area (Å²) in [7, 11) is -1.62. The molecule has 2 N–H and O–H groups in total. The van der Waals surface area contributed by atoms with Gasteiger partial charge in [-0.2, -0.15) is 0 Å². The molecule has 0 saturated heterocycles. The van der Waals surface area contributed by atoms with Gasteiger partial charge in [0, 0.05) is 6.54 Å². The lowest BCUT2D eigenvalue weighted by atomic mass is 10.4. The second-order valence-corrected chi connectivity index (χ2v) is 6.17. The zero-order valence-corrected chi connectivity index (χ0v) is 11.4. The summed E-state index contributed by atoms with van der Waals surface area (Å²) in [6.07, 6.45) is 0. The first kappa shape index (κ1) is 14.1. The van der Waals surface area contributed by atoms with Gasteiger partial charge in [0.1, 0.15) is 5.76 Å². The molecule has 0 aliphatic heterocycles. The molecule has 0 amide bonds. The third kappa shape index (κ3) is 3.79. The number of rotatable bonds is 6. The molecule has 0 bridgehead atoms. The Morgan fingerprint density at radius 2 is 2.06 bits per heavy atom. The molecule has 17 heavy (non-hydrogen) atoms. The molecule has 1 unspecified atom stereocenters. The monoisotopic (exact) mass is 261 g/mol. The maximum atomic E-state index is 11.8. The van der Waals surface area contributed by atoms with Crippen LogP contribution in [0.25, 0.3) is 0 Å². The van der Waals surface area contributed by atoms with Gasteiger partial charge in [-0.1, -0.05) is 0 Å². The maximum Gasteiger partial charge on any atom is 0.215 e. The fourth-order valence-electron chi connectivity index (χ4n) is 1.32. The van der Waals surface area contributed by atoms with E-state index < -0.39 is 15.3 Å². The highest BCUT2D eigenvalue weighted by molar-refractivity contribution is 7.90. The van der Waals surface area contributed by atoms with Crippen LogP contribution >= 0.6 is 0 Å². The molecule has 0 aromatic carbocycles. The van der Waals surface area contributed by atoms with Gasteiger partial charge >= 0.3 is 0 Å². The molecule has 6 nitrogen and oxygen atoms in total. The summed E-state index contributed by atoms with van der Waals surface area (Å²) in [5.41, 5.74) is 0.780. The summed E-state index contributed by atoms with van der Waals surface area (Å²) in [6, 6.07) is 0. The van der Waals surface area contributed by atoms with Crippen LogP contribution < -0.4 is 10.0 Å². The van der Waals surface area contributed by atoms with Crippen LogP contribution in [0.5, 0.6) is 0 Å². The van der Waals surface area contributed by atoms with Gasteiger partial charge in [-0.25, -0.2) is 18.1 Å². The van der Waals surface area contributed by atoms with E-state index >= 15 is 0 Å². The van der Waals surface area contributed by atoms with Crippen molar-refractivity contribution in [1.29, 1.82) is 0 Å². The van der Waals surface area contributed by atoms with E-state index in [2.05, 4.69) is 15.0 Å². The van der Waals surface area contributed by atoms with E-state index in [4.69, 9.17) is 4.42 Å². The molecule has 1 atom stereocenters. The number of hydrogen-bond donors (Lipinski definition) is 2. The minimum atomic E-state index is -3.34. The molecule has 1 aromatic heterocycles. The SMILES string of the molecule is CNCC(C)S(=O)(=O)NCc1nc(C)c(C)o1. The maximum absolute atomic E-state index is 11.8. The Balaban J connectivity index is 2.61. The zero-order chi connectivity index (χ0) is 13.1. The zero-order valence-electron chi connectivity index (χ0n) is 10.6. The van der Waals surface area contributed by atoms with Crippen molar-refractivity contribution in [2.45, 2.75) is 32.6 Å². The van der Waals surface area contributed by atoms with E-state index in [9.17, 15) is 8.42 Å². The molecule has 0 saturated carbocycles. The van der Waals surface area contributed by atoms with Crippen LogP contribution in [0, 0.1) is 13.8 Å². The summed E-state index contributed by atoms with van der Waals surface area (Å²) in [5, 5.41) is 2.33. The van der Waals surface area contributed by atoms with Gasteiger partial charge in [0.05, 0.1) is 17.5 Å². The third-order valence-electron chi connectivity index (χ3n) is 2.52. The molecule has 98 valence electrons. The summed E-state index contributed by atoms with van der Waals surface area (Å²) in [4.78, 5) is 4.11. The van der Waals surface area contributed by atoms with Gasteiger partial charge in [0.2, 0.25) is 15.9 Å². The largest absolute Gasteiger partial charge is 0.444 e. The molecule has 0 aliphatic carbocycles. The molecule has 0 radical (unpaired) electrons. The topological polar surface area (TPSA) is 84.2 Å². The normalized spacial score (nSPS) is 13.9. The van der Waals surface area contributed by atoms with E-state index in [-0.39, 0.29) is 6.54 Å². The van der Waals surface area contributed by atoms with Crippen molar-refractivity contribution in [3.8, 4) is 0 Å². The standard InChI is InChI=1S/C10H19N3O3S/c1-7(5-11-4)17(14,15)12-6-10-13-8(2)9(3)16-10/h7,11-12H,5-6H2,1-4H3. The Bertz CT molecular complexity index is 448. The Morgan fingerprint density at radius 1 is 1.41 bits per heavy atom. The smallest absolute Gasteiger partial charge is 0.215 e. The number of aromatic nitrogens is 1. The average Bonchev–Trinajstić information content (AvgIpc) is 2.56. The van der Waals surface area contributed by atoms with E-state index in [1.54, 1.807) is 20.9 Å². The fraction of sp³-hybridized carbons (Fsp3) is 0.700. The molecular weight excluding hydrogens is 242 g/mol. The first-order valence-corrected chi connectivity index (χ1v) is 6.97. The van der Waals surface area contributed by atoms with E-state index in [1.165, 1.54) is 0 Å². The van der Waals surface area contributed by atoms with Gasteiger partial charge in [-0.3, -0.25) is 0 Å². The van der Waals surface area contributed by atoms with E-state index in [0.29, 0.717) is 18.2 Å². The van der Waals surface area contributed by atoms with Crippen molar-refractivity contribution in [1.82, 2.24) is 15.0 Å². The Hall–Kier alpha value is -0.920. The van der Waals surface area contributed by atoms with Crippen molar-refractivity contribution in [2.75, 3.05) is 13.6 Å². The minimum absolute atomic E-state index is 0.0884. The van der Waals surface area contributed by atoms with Crippen LogP contribution in [0.1, 0.15) is 24.3 Å². The van der Waals surface area contributed by atoms with Gasteiger partial charge in [0.15, 0.2) is 0 Å². The molecule has 1 aromatic rings. The quantitative estimate of drug-likeness (QED) is 0.770. The number of sulfonamides is 1. The molecular formula is C10H19N3O3S. The van der Waals surface area contributed by atoms with Crippen LogP contribution in [-0.2, 0) is 16.6 Å². The number of oxazole rings is 1. The lowest BCUT2D eigenvalue weighted by molar-refractivity contribution is 0.461. The minimum Gasteiger partial charge on any atom is -0.444 e. The van der Waals surface area contributed by atoms with Crippen molar-refractivity contribution in [2.24, 2.45) is 0 Å². The van der Waals surface area contributed by atoms with Crippen LogP contribution in [-0.4, -0.2) is 32.2 Å². The Kier molecular flexibility index (Phi) is 4.67. The lowest BCUT2D eigenvalue weighted by Crippen LogP contribution is -2.37. The predicted molar refractivity (Wildman–Crippen MR) is 65.1 cm³/mol. The van der Waals surface area contributed by atoms with Gasteiger partial charge < -0.3 is 9.73 Å². The first-order chi connectivity index (χ1) is 7.86. The highest BCUT2D eigenvalue weighted by atomic mass is 32.2. The van der Waals surface area contributed by atoms with Crippen molar-refractivity contribution in [3.05, 3.63) is 17.3 Å². The molecule has 1 rings (SSSR count). The van der Waals surface area contributed by atoms with E-state index in [1.807, 2.05) is 6.92 Å². The first-order valence-electron chi connectivity index (χ1n) is 5.42. The number of nitrogens with zero attached hydrogens (tertiary/aromatic N) is 1. The van der Waals surface area contributed by atoms with Gasteiger partial charge in [-0.05, 0) is 27.8 Å². The second kappa shape index (κ2) is 5.61. The number of aryl methyl sites for hydroxylation is 2. The van der Waals surface area contributed by atoms with Crippen LogP contribution in [0.2, 0.25) is 0 Å². The highest BCUT2D eigenvalue weighted by Crippen LogP contribution is 2.08. The van der Waals surface area contributed by atoms with Crippen molar-refractivity contribution < 1.29 is 12.8 Å². The predicted octanol–water partition coefficient (Wildman–Crippen LogP) is 0.319. The van der Waals surface area contributed by atoms with Crippen LogP contribution in [0.4, 0.5) is 0 Å². The highest BCUT2D eigenvalue weighted by Gasteiger charge is 2.20. The molecule has 1 heterocycles. The lowest BCUT2D eigenvalue weighted by Gasteiger charge is -2.12. The Morgan fingerprint density at radius 3 is 2.53 bits per heavy atom. The molecule has 0 spiro atoms. The third-order valence-corrected chi connectivity index (χ3v) is 4.29. The van der Waals surface area contributed by atoms with E-state index in [0.717, 1.165) is 5.69 Å². The van der Waals surface area contributed by atoms with Crippen LogP contribution in [0.15, 0.2) is 4.42 Å². The average molecular weight is 261 g/mol. The fourth-order valence-corrected chi connectivity index (χ4v) is 2.31. The van der Waals surface area contributed by atoms with Gasteiger partial charge in [-0.15, -0.1) is 0 Å². The Labute approximate surface area is 102 Å². The molecule has 0 aliphatic rings. The molecule has 7 heteroatoms. The van der Waals surface area contributed by atoms with Crippen molar-refractivity contribution in [3.63, 3.8) is 0 Å².